The number of carbonyl (C=O) groups excluding carboxylic acids is 1. The third-order valence-electron chi connectivity index (χ3n) is 5.17. The topological polar surface area (TPSA) is 49.3 Å². The van der Waals surface area contributed by atoms with Crippen LogP contribution in [0.4, 0.5) is 17.2 Å². The van der Waals surface area contributed by atoms with E-state index in [4.69, 9.17) is 0 Å². The molecule has 5 heteroatoms. The number of hydrogen-bond acceptors (Lipinski definition) is 4. The van der Waals surface area contributed by atoms with Crippen LogP contribution in [0.3, 0.4) is 0 Å². The van der Waals surface area contributed by atoms with Crippen LogP contribution in [0.1, 0.15) is 21.6 Å². The third kappa shape index (κ3) is 2.36. The molecule has 3 heterocycles. The fourth-order valence-electron chi connectivity index (χ4n) is 3.88. The van der Waals surface area contributed by atoms with Crippen LogP contribution in [0, 0.1) is 0 Å². The monoisotopic (exact) mass is 342 g/mol. The molecule has 26 heavy (non-hydrogen) atoms. The molecule has 0 spiro atoms. The predicted octanol–water partition coefficient (Wildman–Crippen LogP) is 3.37. The Hall–Kier alpha value is -3.21. The smallest absolute Gasteiger partial charge is 0.277 e. The first-order valence-electron chi connectivity index (χ1n) is 8.88. The van der Waals surface area contributed by atoms with Gasteiger partial charge in [0.1, 0.15) is 17.8 Å². The van der Waals surface area contributed by atoms with E-state index in [0.29, 0.717) is 12.2 Å². The minimum absolute atomic E-state index is 0.0638. The van der Waals surface area contributed by atoms with E-state index in [1.165, 1.54) is 17.5 Å². The van der Waals surface area contributed by atoms with Gasteiger partial charge in [0, 0.05) is 30.5 Å². The fraction of sp³-hybridized carbons (Fsp3) is 0.190. The highest BCUT2D eigenvalue weighted by molar-refractivity contribution is 6.06. The van der Waals surface area contributed by atoms with Crippen molar-refractivity contribution in [3.63, 3.8) is 0 Å². The first-order valence-corrected chi connectivity index (χ1v) is 8.88. The first kappa shape index (κ1) is 15.1. The van der Waals surface area contributed by atoms with Crippen molar-refractivity contribution in [1.29, 1.82) is 0 Å². The molecule has 3 aromatic rings. The SMILES string of the molecule is O=C(c1cc(N2CCc3ccccc32)ncn1)N1CCc2ccccc21. The van der Waals surface area contributed by atoms with Gasteiger partial charge in [-0.1, -0.05) is 36.4 Å². The highest BCUT2D eigenvalue weighted by Crippen LogP contribution is 2.34. The molecule has 0 radical (unpaired) electrons. The molecule has 0 fully saturated rings. The summed E-state index contributed by atoms with van der Waals surface area (Å²) in [7, 11) is 0. The predicted molar refractivity (Wildman–Crippen MR) is 101 cm³/mol. The van der Waals surface area contributed by atoms with E-state index in [0.717, 1.165) is 36.6 Å². The Morgan fingerprint density at radius 3 is 2.38 bits per heavy atom. The summed E-state index contributed by atoms with van der Waals surface area (Å²) in [5, 5.41) is 0. The van der Waals surface area contributed by atoms with Crippen molar-refractivity contribution in [2.75, 3.05) is 22.9 Å². The van der Waals surface area contributed by atoms with E-state index in [-0.39, 0.29) is 5.91 Å². The molecule has 5 rings (SSSR count). The quantitative estimate of drug-likeness (QED) is 0.716. The summed E-state index contributed by atoms with van der Waals surface area (Å²) >= 11 is 0. The van der Waals surface area contributed by atoms with Crippen LogP contribution < -0.4 is 9.80 Å². The summed E-state index contributed by atoms with van der Waals surface area (Å²) in [6.45, 7) is 1.57. The number of aromatic nitrogens is 2. The largest absolute Gasteiger partial charge is 0.326 e. The van der Waals surface area contributed by atoms with Crippen molar-refractivity contribution in [1.82, 2.24) is 9.97 Å². The van der Waals surface area contributed by atoms with Crippen molar-refractivity contribution in [2.45, 2.75) is 12.8 Å². The van der Waals surface area contributed by atoms with Crippen molar-refractivity contribution >= 4 is 23.1 Å². The van der Waals surface area contributed by atoms with Gasteiger partial charge in [-0.3, -0.25) is 4.79 Å². The van der Waals surface area contributed by atoms with E-state index in [2.05, 4.69) is 39.1 Å². The van der Waals surface area contributed by atoms with Gasteiger partial charge in [-0.2, -0.15) is 0 Å². The van der Waals surface area contributed by atoms with Crippen molar-refractivity contribution in [3.8, 4) is 0 Å². The Morgan fingerprint density at radius 1 is 0.846 bits per heavy atom. The minimum atomic E-state index is -0.0638. The Bertz CT molecular complexity index is 1000. The van der Waals surface area contributed by atoms with Crippen molar-refractivity contribution in [3.05, 3.63) is 77.7 Å². The van der Waals surface area contributed by atoms with Crippen LogP contribution in [0.15, 0.2) is 60.9 Å². The molecule has 0 bridgehead atoms. The van der Waals surface area contributed by atoms with Gasteiger partial charge < -0.3 is 9.80 Å². The Balaban J connectivity index is 1.47. The maximum atomic E-state index is 13.0. The molecule has 5 nitrogen and oxygen atoms in total. The standard InChI is InChI=1S/C21H18N4O/c26-21(25-12-10-16-6-2-4-8-19(16)25)17-13-20(23-14-22-17)24-11-9-15-5-1-3-7-18(15)24/h1-8,13-14H,9-12H2. The van der Waals surface area contributed by atoms with Crippen LogP contribution >= 0.6 is 0 Å². The zero-order valence-corrected chi connectivity index (χ0v) is 14.3. The second-order valence-electron chi connectivity index (χ2n) is 6.63. The molecule has 128 valence electrons. The molecule has 1 aromatic heterocycles. The zero-order valence-electron chi connectivity index (χ0n) is 14.3. The number of carbonyl (C=O) groups is 1. The average molecular weight is 342 g/mol. The summed E-state index contributed by atoms with van der Waals surface area (Å²) in [4.78, 5) is 25.7. The van der Waals surface area contributed by atoms with Gasteiger partial charge in [0.2, 0.25) is 0 Å². The minimum Gasteiger partial charge on any atom is -0.326 e. The number of nitrogens with zero attached hydrogens (tertiary/aromatic N) is 4. The van der Waals surface area contributed by atoms with E-state index in [1.54, 1.807) is 0 Å². The van der Waals surface area contributed by atoms with E-state index >= 15 is 0 Å². The van der Waals surface area contributed by atoms with Gasteiger partial charge >= 0.3 is 0 Å². The molecular formula is C21H18N4O. The number of anilines is 3. The average Bonchev–Trinajstić information content (AvgIpc) is 3.32. The lowest BCUT2D eigenvalue weighted by molar-refractivity contribution is 0.0984. The highest BCUT2D eigenvalue weighted by Gasteiger charge is 2.27. The molecular weight excluding hydrogens is 324 g/mol. The van der Waals surface area contributed by atoms with Gasteiger partial charge in [0.05, 0.1) is 0 Å². The number of rotatable bonds is 2. The molecule has 2 aromatic carbocycles. The van der Waals surface area contributed by atoms with E-state index in [1.807, 2.05) is 35.2 Å². The van der Waals surface area contributed by atoms with Crippen LogP contribution in [-0.2, 0) is 12.8 Å². The Morgan fingerprint density at radius 2 is 1.54 bits per heavy atom. The molecule has 2 aliphatic rings. The fourth-order valence-corrected chi connectivity index (χ4v) is 3.88. The summed E-state index contributed by atoms with van der Waals surface area (Å²) in [5.41, 5.74) is 5.12. The summed E-state index contributed by atoms with van der Waals surface area (Å²) in [6, 6.07) is 18.2. The first-order chi connectivity index (χ1) is 12.8. The second kappa shape index (κ2) is 5.95. The van der Waals surface area contributed by atoms with Crippen molar-refractivity contribution in [2.24, 2.45) is 0 Å². The van der Waals surface area contributed by atoms with Crippen LogP contribution in [-0.4, -0.2) is 29.0 Å². The molecule has 2 aliphatic heterocycles. The Labute approximate surface area is 151 Å². The lowest BCUT2D eigenvalue weighted by atomic mass is 10.2. The molecule has 0 atom stereocenters. The second-order valence-corrected chi connectivity index (χ2v) is 6.63. The van der Waals surface area contributed by atoms with E-state index in [9.17, 15) is 4.79 Å². The van der Waals surface area contributed by atoms with Crippen molar-refractivity contribution < 1.29 is 4.79 Å². The van der Waals surface area contributed by atoms with Crippen LogP contribution in [0.2, 0.25) is 0 Å². The number of fused-ring (bicyclic) bond motifs is 2. The summed E-state index contributed by atoms with van der Waals surface area (Å²) < 4.78 is 0. The van der Waals surface area contributed by atoms with Gasteiger partial charge in [0.15, 0.2) is 0 Å². The van der Waals surface area contributed by atoms with Gasteiger partial charge in [-0.05, 0) is 36.1 Å². The lowest BCUT2D eigenvalue weighted by Crippen LogP contribution is -2.30. The van der Waals surface area contributed by atoms with E-state index < -0.39 is 0 Å². The van der Waals surface area contributed by atoms with Crippen LogP contribution in [0.25, 0.3) is 0 Å². The van der Waals surface area contributed by atoms with Crippen LogP contribution in [0.5, 0.6) is 0 Å². The molecule has 0 aliphatic carbocycles. The number of hydrogen-bond donors (Lipinski definition) is 0. The molecule has 1 amide bonds. The lowest BCUT2D eigenvalue weighted by Gasteiger charge is -2.20. The Kier molecular flexibility index (Phi) is 3.45. The number of para-hydroxylation sites is 2. The molecule has 0 saturated heterocycles. The summed E-state index contributed by atoms with van der Waals surface area (Å²) in [6.07, 6.45) is 3.37. The van der Waals surface area contributed by atoms with Gasteiger partial charge in [-0.25, -0.2) is 9.97 Å². The zero-order chi connectivity index (χ0) is 17.5. The highest BCUT2D eigenvalue weighted by atomic mass is 16.2. The molecule has 0 unspecified atom stereocenters. The van der Waals surface area contributed by atoms with Gasteiger partial charge in [-0.15, -0.1) is 0 Å². The number of amides is 1. The number of benzene rings is 2. The maximum Gasteiger partial charge on any atom is 0.277 e. The van der Waals surface area contributed by atoms with Gasteiger partial charge in [0.25, 0.3) is 5.91 Å². The molecule has 0 N–H and O–H groups in total. The molecule has 0 saturated carbocycles. The normalized spacial score (nSPS) is 15.1. The maximum absolute atomic E-state index is 13.0. The summed E-state index contributed by atoms with van der Waals surface area (Å²) in [5.74, 6) is 0.715. The third-order valence-corrected chi connectivity index (χ3v) is 5.17.